The molecule has 0 amide bonds. The molecule has 0 fully saturated rings. The van der Waals surface area contributed by atoms with Crippen LogP contribution in [0, 0.1) is 6.92 Å². The first kappa shape index (κ1) is 13.6. The van der Waals surface area contributed by atoms with E-state index < -0.39 is 0 Å². The molecule has 2 aromatic carbocycles. The Morgan fingerprint density at radius 1 is 1.19 bits per heavy atom. The van der Waals surface area contributed by atoms with E-state index in [-0.39, 0.29) is 0 Å². The predicted molar refractivity (Wildman–Crippen MR) is 83.0 cm³/mol. The number of halogens is 1. The molecule has 21 heavy (non-hydrogen) atoms. The molecule has 0 spiro atoms. The van der Waals surface area contributed by atoms with Gasteiger partial charge in [-0.3, -0.25) is 0 Å². The Hall–Kier alpha value is -2.40. The van der Waals surface area contributed by atoms with E-state index in [4.69, 9.17) is 17.3 Å². The molecule has 0 unspecified atom stereocenters. The van der Waals surface area contributed by atoms with Crippen molar-refractivity contribution in [3.05, 3.63) is 58.6 Å². The summed E-state index contributed by atoms with van der Waals surface area (Å²) in [5, 5.41) is 12.7. The first-order valence-corrected chi connectivity index (χ1v) is 6.88. The Morgan fingerprint density at radius 2 is 2.05 bits per heavy atom. The van der Waals surface area contributed by atoms with Gasteiger partial charge in [-0.25, -0.2) is 4.68 Å². The predicted octanol–water partition coefficient (Wildman–Crippen LogP) is 2.93. The van der Waals surface area contributed by atoms with Crippen LogP contribution in [0.1, 0.15) is 11.1 Å². The van der Waals surface area contributed by atoms with Gasteiger partial charge in [-0.1, -0.05) is 29.8 Å². The highest BCUT2D eigenvalue weighted by atomic mass is 35.5. The van der Waals surface area contributed by atoms with Crippen LogP contribution in [0.25, 0.3) is 11.4 Å². The van der Waals surface area contributed by atoms with Gasteiger partial charge in [-0.2, -0.15) is 0 Å². The van der Waals surface area contributed by atoms with Crippen LogP contribution in [0.15, 0.2) is 42.5 Å². The number of rotatable bonds is 3. The molecule has 0 aliphatic rings. The van der Waals surface area contributed by atoms with Gasteiger partial charge in [0, 0.05) is 16.3 Å². The second-order valence-electron chi connectivity index (χ2n) is 4.86. The molecule has 0 saturated carbocycles. The summed E-state index contributed by atoms with van der Waals surface area (Å²) < 4.78 is 1.74. The zero-order chi connectivity index (χ0) is 14.8. The van der Waals surface area contributed by atoms with Crippen molar-refractivity contribution in [2.24, 2.45) is 0 Å². The summed E-state index contributed by atoms with van der Waals surface area (Å²) in [5.41, 5.74) is 9.60. The molecule has 6 heteroatoms. The molecule has 2 N–H and O–H groups in total. The maximum absolute atomic E-state index is 6.01. The van der Waals surface area contributed by atoms with Crippen molar-refractivity contribution in [3.8, 4) is 11.4 Å². The monoisotopic (exact) mass is 299 g/mol. The van der Waals surface area contributed by atoms with Crippen LogP contribution in [0.5, 0.6) is 0 Å². The average Bonchev–Trinajstić information content (AvgIpc) is 2.89. The number of benzene rings is 2. The number of aromatic nitrogens is 4. The van der Waals surface area contributed by atoms with Crippen LogP contribution in [0.3, 0.4) is 0 Å². The van der Waals surface area contributed by atoms with Crippen LogP contribution < -0.4 is 5.73 Å². The Morgan fingerprint density at radius 3 is 2.86 bits per heavy atom. The summed E-state index contributed by atoms with van der Waals surface area (Å²) in [6.07, 6.45) is 0. The maximum Gasteiger partial charge on any atom is 0.182 e. The van der Waals surface area contributed by atoms with E-state index >= 15 is 0 Å². The third-order valence-electron chi connectivity index (χ3n) is 3.26. The maximum atomic E-state index is 6.01. The molecule has 5 nitrogen and oxygen atoms in total. The molecule has 0 atom stereocenters. The van der Waals surface area contributed by atoms with Crippen molar-refractivity contribution < 1.29 is 0 Å². The van der Waals surface area contributed by atoms with E-state index in [2.05, 4.69) is 15.5 Å². The summed E-state index contributed by atoms with van der Waals surface area (Å²) in [7, 11) is 0. The van der Waals surface area contributed by atoms with E-state index in [1.165, 1.54) is 0 Å². The van der Waals surface area contributed by atoms with Crippen LogP contribution >= 0.6 is 11.6 Å². The molecule has 3 aromatic rings. The van der Waals surface area contributed by atoms with Crippen molar-refractivity contribution in [2.75, 3.05) is 5.73 Å². The highest BCUT2D eigenvalue weighted by Gasteiger charge is 2.12. The highest BCUT2D eigenvalue weighted by molar-refractivity contribution is 6.30. The number of hydrogen-bond donors (Lipinski definition) is 1. The Bertz CT molecular complexity index is 781. The van der Waals surface area contributed by atoms with Gasteiger partial charge in [0.1, 0.15) is 0 Å². The number of nitrogens with two attached hydrogens (primary N) is 1. The molecule has 3 rings (SSSR count). The molecular weight excluding hydrogens is 286 g/mol. The van der Waals surface area contributed by atoms with Crippen LogP contribution in [0.2, 0.25) is 5.02 Å². The SMILES string of the molecule is Cc1ccc(N)cc1-c1nnnn1Cc1cccc(Cl)c1. The van der Waals surface area contributed by atoms with Crippen molar-refractivity contribution in [2.45, 2.75) is 13.5 Å². The third kappa shape index (κ3) is 2.87. The molecule has 1 aromatic heterocycles. The number of aryl methyl sites for hydroxylation is 1. The summed E-state index contributed by atoms with van der Waals surface area (Å²) in [6.45, 7) is 2.56. The normalized spacial score (nSPS) is 10.8. The quantitative estimate of drug-likeness (QED) is 0.755. The summed E-state index contributed by atoms with van der Waals surface area (Å²) >= 11 is 6.01. The van der Waals surface area contributed by atoms with Crippen molar-refractivity contribution in [3.63, 3.8) is 0 Å². The second-order valence-corrected chi connectivity index (χ2v) is 5.30. The fraction of sp³-hybridized carbons (Fsp3) is 0.133. The van der Waals surface area contributed by atoms with Crippen molar-refractivity contribution in [1.82, 2.24) is 20.2 Å². The molecule has 106 valence electrons. The zero-order valence-electron chi connectivity index (χ0n) is 11.5. The zero-order valence-corrected chi connectivity index (χ0v) is 12.2. The van der Waals surface area contributed by atoms with Crippen LogP contribution in [0.4, 0.5) is 5.69 Å². The van der Waals surface area contributed by atoms with Gasteiger partial charge in [0.05, 0.1) is 6.54 Å². The largest absolute Gasteiger partial charge is 0.399 e. The lowest BCUT2D eigenvalue weighted by Crippen LogP contribution is -2.05. The molecule has 0 bridgehead atoms. The first-order valence-electron chi connectivity index (χ1n) is 6.50. The van der Waals surface area contributed by atoms with Gasteiger partial charge < -0.3 is 5.73 Å². The number of nitrogen functional groups attached to an aromatic ring is 1. The fourth-order valence-corrected chi connectivity index (χ4v) is 2.41. The topological polar surface area (TPSA) is 69.6 Å². The number of tetrazole rings is 1. The first-order chi connectivity index (χ1) is 10.1. The standard InChI is InChI=1S/C15H14ClN5/c1-10-5-6-13(17)8-14(10)15-18-19-20-21(15)9-11-3-2-4-12(16)7-11/h2-8H,9,17H2,1H3. The fourth-order valence-electron chi connectivity index (χ4n) is 2.19. The van der Waals surface area contributed by atoms with Gasteiger partial charge in [-0.05, 0) is 52.7 Å². The van der Waals surface area contributed by atoms with Gasteiger partial charge in [0.25, 0.3) is 0 Å². The van der Waals surface area contributed by atoms with Gasteiger partial charge in [0.2, 0.25) is 0 Å². The lowest BCUT2D eigenvalue weighted by molar-refractivity contribution is 0.653. The molecular formula is C15H14ClN5. The molecule has 0 aliphatic heterocycles. The summed E-state index contributed by atoms with van der Waals surface area (Å²) in [4.78, 5) is 0. The van der Waals surface area contributed by atoms with Crippen LogP contribution in [-0.2, 0) is 6.54 Å². The van der Waals surface area contributed by atoms with Crippen LogP contribution in [-0.4, -0.2) is 20.2 Å². The molecule has 1 heterocycles. The molecule has 0 saturated heterocycles. The lowest BCUT2D eigenvalue weighted by atomic mass is 10.1. The Balaban J connectivity index is 1.99. The average molecular weight is 300 g/mol. The highest BCUT2D eigenvalue weighted by Crippen LogP contribution is 2.24. The minimum Gasteiger partial charge on any atom is -0.399 e. The van der Waals surface area contributed by atoms with E-state index in [1.807, 2.05) is 49.4 Å². The van der Waals surface area contributed by atoms with E-state index in [0.717, 1.165) is 16.7 Å². The number of hydrogen-bond acceptors (Lipinski definition) is 4. The number of nitrogens with zero attached hydrogens (tertiary/aromatic N) is 4. The van der Waals surface area contributed by atoms with Crippen molar-refractivity contribution >= 4 is 17.3 Å². The Kier molecular flexibility index (Phi) is 3.58. The second kappa shape index (κ2) is 5.54. The summed E-state index contributed by atoms with van der Waals surface area (Å²) in [5.74, 6) is 0.694. The third-order valence-corrected chi connectivity index (χ3v) is 3.49. The van der Waals surface area contributed by atoms with E-state index in [0.29, 0.717) is 23.1 Å². The van der Waals surface area contributed by atoms with Gasteiger partial charge >= 0.3 is 0 Å². The smallest absolute Gasteiger partial charge is 0.182 e. The minimum atomic E-state index is 0.553. The Labute approximate surface area is 127 Å². The molecule has 0 radical (unpaired) electrons. The minimum absolute atomic E-state index is 0.553. The van der Waals surface area contributed by atoms with E-state index in [1.54, 1.807) is 4.68 Å². The van der Waals surface area contributed by atoms with E-state index in [9.17, 15) is 0 Å². The summed E-state index contributed by atoms with van der Waals surface area (Å²) in [6, 6.07) is 13.4. The molecule has 0 aliphatic carbocycles. The van der Waals surface area contributed by atoms with Crippen molar-refractivity contribution in [1.29, 1.82) is 0 Å². The lowest BCUT2D eigenvalue weighted by Gasteiger charge is -2.08. The number of anilines is 1. The van der Waals surface area contributed by atoms with Gasteiger partial charge in [0.15, 0.2) is 5.82 Å². The van der Waals surface area contributed by atoms with Gasteiger partial charge in [-0.15, -0.1) is 5.10 Å².